The third-order valence-corrected chi connectivity index (χ3v) is 14.9. The van der Waals surface area contributed by atoms with Gasteiger partial charge in [-0.3, -0.25) is 4.79 Å². The highest BCUT2D eigenvalue weighted by Gasteiger charge is 2.85. The molecule has 7 aliphatic rings. The van der Waals surface area contributed by atoms with Crippen LogP contribution in [0.2, 0.25) is 0 Å². The largest absolute Gasteiger partial charge is 0.456 e. The molecule has 2 spiro atoms. The minimum atomic E-state index is -1.32. The molecule has 45 heavy (non-hydrogen) atoms. The minimum absolute atomic E-state index is 0.0769. The van der Waals surface area contributed by atoms with Gasteiger partial charge in [0, 0.05) is 29.7 Å². The zero-order valence-corrected chi connectivity index (χ0v) is 28.8. The number of carbonyl (C=O) groups excluding carboxylic acids is 2. The van der Waals surface area contributed by atoms with Crippen LogP contribution in [0.3, 0.4) is 0 Å². The summed E-state index contributed by atoms with van der Waals surface area (Å²) in [6, 6.07) is 0.272. The zero-order valence-electron chi connectivity index (χ0n) is 28.8. The molecule has 1 aliphatic heterocycles. The van der Waals surface area contributed by atoms with Crippen molar-refractivity contribution in [2.45, 2.75) is 156 Å². The van der Waals surface area contributed by atoms with E-state index >= 15 is 0 Å². The topological polar surface area (TPSA) is 114 Å². The standard InChI is InChI=1S/C37H56NO7/c1-20-18-23(30(33(5,6)42)43-21(2)39)44-28-27(20)34(7)16-17-37-19-36(37)15-14-26(45-31(41)38-22-10-9-11-22)32(3,4)24(36)12-13-25(37)35(34,8)29(28)40/h20,22,24,26-27,29-30,40,42H,9-19H2,1-8H3,(H,38,41)/t20-,24+,26?,27+,29+,30+,34-,35-,36-,37+/m1/s1. The van der Waals surface area contributed by atoms with Crippen molar-refractivity contribution < 1.29 is 34.0 Å². The molecule has 3 N–H and O–H groups in total. The summed E-state index contributed by atoms with van der Waals surface area (Å²) in [4.78, 5) is 24.8. The molecule has 0 bridgehead atoms. The molecule has 10 atom stereocenters. The highest BCUT2D eigenvalue weighted by atomic mass is 16.6. The summed E-state index contributed by atoms with van der Waals surface area (Å²) in [5.41, 5.74) is -1.72. The van der Waals surface area contributed by atoms with Crippen LogP contribution in [0.15, 0.2) is 0 Å². The average molecular weight is 627 g/mol. The summed E-state index contributed by atoms with van der Waals surface area (Å²) in [6.07, 6.45) is 10.4. The lowest BCUT2D eigenvalue weighted by Gasteiger charge is -2.63. The van der Waals surface area contributed by atoms with Gasteiger partial charge < -0.3 is 29.7 Å². The number of hydrogen-bond donors (Lipinski definition) is 3. The van der Waals surface area contributed by atoms with Crippen LogP contribution in [-0.2, 0) is 19.0 Å². The number of carbonyl (C=O) groups is 2. The first-order valence-corrected chi connectivity index (χ1v) is 17.7. The Morgan fingerprint density at radius 1 is 1.07 bits per heavy atom. The van der Waals surface area contributed by atoms with Crippen molar-refractivity contribution in [1.82, 2.24) is 5.32 Å². The van der Waals surface area contributed by atoms with Crippen LogP contribution in [0.5, 0.6) is 0 Å². The summed E-state index contributed by atoms with van der Waals surface area (Å²) < 4.78 is 18.4. The van der Waals surface area contributed by atoms with Crippen LogP contribution in [0, 0.1) is 63.0 Å². The van der Waals surface area contributed by atoms with Gasteiger partial charge in [0.2, 0.25) is 0 Å². The first-order chi connectivity index (χ1) is 20.9. The molecular formula is C37H56NO7. The smallest absolute Gasteiger partial charge is 0.407 e. The van der Waals surface area contributed by atoms with Crippen molar-refractivity contribution in [2.24, 2.45) is 44.8 Å². The maximum atomic E-state index is 12.8. The summed E-state index contributed by atoms with van der Waals surface area (Å²) >= 11 is 0. The van der Waals surface area contributed by atoms with E-state index in [2.05, 4.69) is 39.9 Å². The number of fused-ring (bicyclic) bond motifs is 4. The summed E-state index contributed by atoms with van der Waals surface area (Å²) in [7, 11) is 0. The molecule has 7 fully saturated rings. The number of esters is 1. The van der Waals surface area contributed by atoms with Crippen LogP contribution in [0.1, 0.15) is 126 Å². The molecule has 8 heteroatoms. The van der Waals surface area contributed by atoms with Gasteiger partial charge in [-0.15, -0.1) is 0 Å². The predicted molar refractivity (Wildman–Crippen MR) is 168 cm³/mol. The SMILES string of the molecule is CC(=O)O[C@@H]([C]1C[C@@H](C)[C@H]2[C](O1)[C@H](O)[C@@]1(C)[C]3CC[C@H]4C(C)(C)C(OC(=O)NC5CCC5)CC[C@@]45C[C@@]35CC[C@]21C)C(C)(C)O. The second kappa shape index (κ2) is 10.1. The van der Waals surface area contributed by atoms with Gasteiger partial charge >= 0.3 is 12.1 Å². The predicted octanol–water partition coefficient (Wildman–Crippen LogP) is 6.43. The molecule has 3 radical (unpaired) electrons. The molecule has 0 aromatic carbocycles. The maximum Gasteiger partial charge on any atom is 0.407 e. The molecule has 1 saturated heterocycles. The Kier molecular flexibility index (Phi) is 7.20. The molecule has 1 unspecified atom stereocenters. The third-order valence-electron chi connectivity index (χ3n) is 14.9. The molecule has 7 rings (SSSR count). The number of alkyl carbamates (subject to hydrolysis) is 1. The Morgan fingerprint density at radius 3 is 2.40 bits per heavy atom. The number of hydrogen-bond acceptors (Lipinski definition) is 7. The number of aliphatic hydroxyl groups excluding tert-OH is 1. The number of amides is 1. The van der Waals surface area contributed by atoms with Crippen molar-refractivity contribution >= 4 is 12.1 Å². The summed E-state index contributed by atoms with van der Waals surface area (Å²) in [6.45, 7) is 16.2. The number of aliphatic hydroxyl groups is 2. The van der Waals surface area contributed by atoms with Gasteiger partial charge in [0.05, 0.1) is 11.7 Å². The fourth-order valence-electron chi connectivity index (χ4n) is 12.5. The summed E-state index contributed by atoms with van der Waals surface area (Å²) in [5.74, 6) is 1.80. The molecule has 0 aromatic rings. The van der Waals surface area contributed by atoms with Crippen LogP contribution < -0.4 is 5.32 Å². The normalized spacial score (nSPS) is 46.8. The minimum Gasteiger partial charge on any atom is -0.456 e. The van der Waals surface area contributed by atoms with E-state index in [0.29, 0.717) is 24.5 Å². The van der Waals surface area contributed by atoms with E-state index in [9.17, 15) is 19.8 Å². The quantitative estimate of drug-likeness (QED) is 0.301. The van der Waals surface area contributed by atoms with E-state index in [4.69, 9.17) is 14.2 Å². The van der Waals surface area contributed by atoms with Crippen LogP contribution in [0.25, 0.3) is 0 Å². The van der Waals surface area contributed by atoms with Crippen LogP contribution in [-0.4, -0.2) is 52.2 Å². The molecule has 251 valence electrons. The van der Waals surface area contributed by atoms with Crippen LogP contribution in [0.4, 0.5) is 4.79 Å². The van der Waals surface area contributed by atoms with Crippen molar-refractivity contribution in [3.8, 4) is 0 Å². The van der Waals surface area contributed by atoms with Gasteiger partial charge in [-0.1, -0.05) is 34.6 Å². The van der Waals surface area contributed by atoms with E-state index < -0.39 is 29.2 Å². The number of nitrogens with one attached hydrogen (secondary N) is 1. The Bertz CT molecular complexity index is 1230. The van der Waals surface area contributed by atoms with E-state index in [1.54, 1.807) is 19.8 Å². The lowest BCUT2D eigenvalue weighted by atomic mass is 9.41. The molecule has 6 aliphatic carbocycles. The zero-order chi connectivity index (χ0) is 32.5. The first kappa shape index (κ1) is 32.2. The Morgan fingerprint density at radius 2 is 1.78 bits per heavy atom. The van der Waals surface area contributed by atoms with E-state index in [-0.39, 0.29) is 51.7 Å². The Labute approximate surface area is 270 Å². The van der Waals surface area contributed by atoms with Gasteiger partial charge in [0.15, 0.2) is 6.10 Å². The molecule has 8 nitrogen and oxygen atoms in total. The molecule has 1 amide bonds. The second-order valence-electron chi connectivity index (χ2n) is 17.8. The van der Waals surface area contributed by atoms with Crippen molar-refractivity contribution in [3.05, 3.63) is 18.1 Å². The van der Waals surface area contributed by atoms with E-state index in [1.807, 2.05) is 0 Å². The molecular weight excluding hydrogens is 570 g/mol. The molecule has 0 aromatic heterocycles. The molecule has 6 saturated carbocycles. The second-order valence-corrected chi connectivity index (χ2v) is 17.8. The highest BCUT2D eigenvalue weighted by Crippen LogP contribution is 2.90. The van der Waals surface area contributed by atoms with Gasteiger partial charge in [-0.05, 0) is 118 Å². The van der Waals surface area contributed by atoms with Crippen LogP contribution >= 0.6 is 0 Å². The Balaban J connectivity index is 1.14. The van der Waals surface area contributed by atoms with Crippen molar-refractivity contribution in [3.63, 3.8) is 0 Å². The van der Waals surface area contributed by atoms with Gasteiger partial charge in [-0.2, -0.15) is 0 Å². The fraction of sp³-hybridized carbons (Fsp3) is 0.865. The van der Waals surface area contributed by atoms with E-state index in [1.165, 1.54) is 19.8 Å². The van der Waals surface area contributed by atoms with Gasteiger partial charge in [-0.25, -0.2) is 4.79 Å². The lowest BCUT2D eigenvalue weighted by Crippen LogP contribution is -2.59. The average Bonchev–Trinajstić information content (AvgIpc) is 3.55. The van der Waals surface area contributed by atoms with E-state index in [0.717, 1.165) is 51.4 Å². The Hall–Kier alpha value is -1.38. The number of rotatable bonds is 5. The van der Waals surface area contributed by atoms with Gasteiger partial charge in [0.25, 0.3) is 0 Å². The third kappa shape index (κ3) is 4.25. The van der Waals surface area contributed by atoms with Crippen molar-refractivity contribution in [1.29, 1.82) is 0 Å². The lowest BCUT2D eigenvalue weighted by molar-refractivity contribution is -0.171. The highest BCUT2D eigenvalue weighted by molar-refractivity contribution is 5.68. The summed E-state index contributed by atoms with van der Waals surface area (Å²) in [5, 5.41) is 26.5. The first-order valence-electron chi connectivity index (χ1n) is 17.7. The maximum absolute atomic E-state index is 12.8. The van der Waals surface area contributed by atoms with Crippen molar-refractivity contribution in [2.75, 3.05) is 0 Å². The monoisotopic (exact) mass is 626 g/mol. The molecule has 1 heterocycles. The fourth-order valence-corrected chi connectivity index (χ4v) is 12.5. The van der Waals surface area contributed by atoms with Gasteiger partial charge in [0.1, 0.15) is 18.3 Å². The number of ether oxygens (including phenoxy) is 3.